The number of ether oxygens (including phenoxy) is 4. The van der Waals surface area contributed by atoms with Crippen molar-refractivity contribution in [2.24, 2.45) is 4.99 Å². The number of nitrogens with zero attached hydrogens (tertiary/aromatic N) is 3. The number of hydrogen-bond donors (Lipinski definition) is 0. The van der Waals surface area contributed by atoms with Crippen LogP contribution in [0.1, 0.15) is 42.5 Å². The van der Waals surface area contributed by atoms with Crippen LogP contribution in [0.3, 0.4) is 0 Å². The molecule has 47 heavy (non-hydrogen) atoms. The maximum Gasteiger partial charge on any atom is 0.338 e. The van der Waals surface area contributed by atoms with Gasteiger partial charge in [0.25, 0.3) is 11.5 Å². The largest absolute Gasteiger partial charge is 0.497 e. The zero-order chi connectivity index (χ0) is 32.9. The van der Waals surface area contributed by atoms with Gasteiger partial charge < -0.3 is 23.8 Å². The van der Waals surface area contributed by atoms with Gasteiger partial charge in [0.2, 0.25) is 0 Å². The maximum atomic E-state index is 14.2. The van der Waals surface area contributed by atoms with Crippen molar-refractivity contribution in [1.29, 1.82) is 0 Å². The monoisotopic (exact) mass is 653 g/mol. The highest BCUT2D eigenvalue weighted by molar-refractivity contribution is 7.07. The molecule has 0 aliphatic carbocycles. The molecule has 0 N–H and O–H groups in total. The first-order valence-electron chi connectivity index (χ1n) is 15.4. The number of esters is 1. The third-order valence-electron chi connectivity index (χ3n) is 8.10. The molecule has 0 bridgehead atoms. The summed E-state index contributed by atoms with van der Waals surface area (Å²) in [7, 11) is 3.11. The number of aromatic nitrogens is 1. The Morgan fingerprint density at radius 1 is 0.957 bits per heavy atom. The van der Waals surface area contributed by atoms with Gasteiger partial charge in [-0.3, -0.25) is 14.2 Å². The molecule has 3 heterocycles. The van der Waals surface area contributed by atoms with Gasteiger partial charge in [-0.1, -0.05) is 59.9 Å². The van der Waals surface area contributed by atoms with Crippen LogP contribution in [0.5, 0.6) is 17.2 Å². The minimum atomic E-state index is -0.799. The third-order valence-corrected chi connectivity index (χ3v) is 9.08. The van der Waals surface area contributed by atoms with E-state index in [9.17, 15) is 14.4 Å². The summed E-state index contributed by atoms with van der Waals surface area (Å²) in [5.74, 6) is 0.914. The summed E-state index contributed by atoms with van der Waals surface area (Å²) in [6, 6.07) is 21.2. The van der Waals surface area contributed by atoms with Crippen molar-refractivity contribution in [3.63, 3.8) is 0 Å². The molecular weight excluding hydrogens is 618 g/mol. The van der Waals surface area contributed by atoms with Crippen molar-refractivity contribution in [3.8, 4) is 17.2 Å². The van der Waals surface area contributed by atoms with E-state index in [4.69, 9.17) is 23.9 Å². The van der Waals surface area contributed by atoms with Gasteiger partial charge in [-0.15, -0.1) is 0 Å². The van der Waals surface area contributed by atoms with Crippen LogP contribution in [0.2, 0.25) is 0 Å². The fraction of sp³-hybridized carbons (Fsp3) is 0.278. The van der Waals surface area contributed by atoms with E-state index in [-0.39, 0.29) is 30.3 Å². The van der Waals surface area contributed by atoms with E-state index in [1.807, 2.05) is 42.5 Å². The van der Waals surface area contributed by atoms with Gasteiger partial charge in [0.05, 0.1) is 42.7 Å². The van der Waals surface area contributed by atoms with Crippen LogP contribution in [0.25, 0.3) is 11.8 Å². The van der Waals surface area contributed by atoms with E-state index < -0.39 is 12.0 Å². The number of thiazole rings is 1. The predicted molar refractivity (Wildman–Crippen MR) is 178 cm³/mol. The first kappa shape index (κ1) is 31.8. The van der Waals surface area contributed by atoms with Crippen LogP contribution < -0.4 is 29.1 Å². The first-order chi connectivity index (χ1) is 22.9. The normalized spacial score (nSPS) is 16.0. The van der Waals surface area contributed by atoms with E-state index >= 15 is 0 Å². The van der Waals surface area contributed by atoms with E-state index in [0.717, 1.165) is 31.5 Å². The molecule has 3 aromatic carbocycles. The first-order valence-corrected chi connectivity index (χ1v) is 16.2. The smallest absolute Gasteiger partial charge is 0.338 e. The molecule has 2 aliphatic heterocycles. The molecule has 1 fully saturated rings. The molecule has 1 saturated heterocycles. The van der Waals surface area contributed by atoms with Crippen molar-refractivity contribution in [2.45, 2.75) is 25.8 Å². The molecule has 6 rings (SSSR count). The fourth-order valence-corrected chi connectivity index (χ4v) is 6.78. The molecule has 4 aromatic rings. The van der Waals surface area contributed by atoms with E-state index in [2.05, 4.69) is 0 Å². The van der Waals surface area contributed by atoms with Crippen LogP contribution in [0.15, 0.2) is 88.2 Å². The number of amides is 1. The van der Waals surface area contributed by atoms with Gasteiger partial charge in [0.1, 0.15) is 5.75 Å². The minimum Gasteiger partial charge on any atom is -0.497 e. The number of methoxy groups -OCH3 is 2. The number of likely N-dealkylation sites (tertiary alicyclic amines) is 1. The molecule has 0 radical (unpaired) electrons. The van der Waals surface area contributed by atoms with Gasteiger partial charge in [-0.05, 0) is 61.2 Å². The van der Waals surface area contributed by atoms with Crippen LogP contribution >= 0.6 is 11.3 Å². The van der Waals surface area contributed by atoms with E-state index in [1.54, 1.807) is 59.9 Å². The fourth-order valence-electron chi connectivity index (χ4n) is 5.78. The Kier molecular flexibility index (Phi) is 9.53. The second kappa shape index (κ2) is 14.1. The quantitative estimate of drug-likeness (QED) is 0.239. The third kappa shape index (κ3) is 6.57. The molecule has 1 amide bonds. The van der Waals surface area contributed by atoms with Crippen molar-refractivity contribution < 1.29 is 28.5 Å². The topological polar surface area (TPSA) is 109 Å². The minimum absolute atomic E-state index is 0.0572. The maximum absolute atomic E-state index is 14.2. The molecule has 0 spiro atoms. The van der Waals surface area contributed by atoms with E-state index in [0.29, 0.717) is 43.4 Å². The second-order valence-corrected chi connectivity index (χ2v) is 12.0. The lowest BCUT2D eigenvalue weighted by atomic mass is 9.93. The Hall–Kier alpha value is -5.16. The number of carbonyl (C=O) groups excluding carboxylic acids is 2. The van der Waals surface area contributed by atoms with Crippen molar-refractivity contribution in [1.82, 2.24) is 9.47 Å². The number of benzene rings is 3. The SMILES string of the molecule is CCOC(=O)C1=C(c2ccccc2)N=c2s/c(=C/c3ccc(OCC(=O)N4CCCC4)c(OC)c3)c(=O)n2[C@H]1c1ccc(OC)cc1. The lowest BCUT2D eigenvalue weighted by molar-refractivity contribution is -0.139. The van der Waals surface area contributed by atoms with Crippen LogP contribution in [0, 0.1) is 0 Å². The summed E-state index contributed by atoms with van der Waals surface area (Å²) in [5.41, 5.74) is 2.54. The predicted octanol–water partition coefficient (Wildman–Crippen LogP) is 3.95. The molecule has 0 saturated carbocycles. The molecule has 11 heteroatoms. The zero-order valence-electron chi connectivity index (χ0n) is 26.4. The Balaban J connectivity index is 1.44. The molecule has 1 atom stereocenters. The Labute approximate surface area is 275 Å². The molecular formula is C36H35N3O7S. The number of carbonyl (C=O) groups is 2. The molecule has 2 aliphatic rings. The van der Waals surface area contributed by atoms with Crippen LogP contribution in [0.4, 0.5) is 0 Å². The average molecular weight is 654 g/mol. The van der Waals surface area contributed by atoms with Crippen molar-refractivity contribution >= 4 is 35.0 Å². The van der Waals surface area contributed by atoms with E-state index in [1.165, 1.54) is 18.4 Å². The Bertz CT molecular complexity index is 1990. The molecule has 242 valence electrons. The summed E-state index contributed by atoms with van der Waals surface area (Å²) in [6.45, 7) is 3.34. The summed E-state index contributed by atoms with van der Waals surface area (Å²) in [4.78, 5) is 47.5. The van der Waals surface area contributed by atoms with Crippen LogP contribution in [-0.4, -0.2) is 61.9 Å². The lowest BCUT2D eigenvalue weighted by Gasteiger charge is -2.26. The summed E-state index contributed by atoms with van der Waals surface area (Å²) in [6.07, 6.45) is 3.77. The highest BCUT2D eigenvalue weighted by Gasteiger charge is 2.35. The van der Waals surface area contributed by atoms with Crippen molar-refractivity contribution in [3.05, 3.63) is 115 Å². The number of fused-ring (bicyclic) bond motifs is 1. The van der Waals surface area contributed by atoms with Crippen LogP contribution in [-0.2, 0) is 14.3 Å². The summed E-state index contributed by atoms with van der Waals surface area (Å²) >= 11 is 1.23. The van der Waals surface area contributed by atoms with Gasteiger partial charge >= 0.3 is 5.97 Å². The Morgan fingerprint density at radius 3 is 2.38 bits per heavy atom. The van der Waals surface area contributed by atoms with Gasteiger partial charge in [-0.25, -0.2) is 9.79 Å². The second-order valence-electron chi connectivity index (χ2n) is 11.0. The van der Waals surface area contributed by atoms with Gasteiger partial charge in [0.15, 0.2) is 22.9 Å². The number of rotatable bonds is 10. The average Bonchev–Trinajstić information content (AvgIpc) is 3.76. The Morgan fingerprint density at radius 2 is 1.70 bits per heavy atom. The highest BCUT2D eigenvalue weighted by Crippen LogP contribution is 2.36. The molecule has 1 aromatic heterocycles. The van der Waals surface area contributed by atoms with Gasteiger partial charge in [0, 0.05) is 18.7 Å². The number of hydrogen-bond acceptors (Lipinski definition) is 9. The van der Waals surface area contributed by atoms with Crippen molar-refractivity contribution in [2.75, 3.05) is 40.5 Å². The van der Waals surface area contributed by atoms with Gasteiger partial charge in [-0.2, -0.15) is 0 Å². The lowest BCUT2D eigenvalue weighted by Crippen LogP contribution is -2.40. The summed E-state index contributed by atoms with van der Waals surface area (Å²) < 4.78 is 24.3. The molecule has 10 nitrogen and oxygen atoms in total. The zero-order valence-corrected chi connectivity index (χ0v) is 27.2. The molecule has 0 unspecified atom stereocenters. The highest BCUT2D eigenvalue weighted by atomic mass is 32.1. The summed E-state index contributed by atoms with van der Waals surface area (Å²) in [5, 5.41) is 0. The standard InChI is InChI=1S/C36H35N3O7S/c1-4-45-35(42)31-32(24-10-6-5-7-11-24)37-36-39(33(31)25-13-15-26(43-2)16-14-25)34(41)29(47-36)21-23-12-17-27(28(20-23)44-3)46-22-30(40)38-18-8-9-19-38/h5-7,10-17,20-21,33H,4,8-9,18-19,22H2,1-3H3/b29-21+/t33-/m0/s1.